The van der Waals surface area contributed by atoms with Crippen LogP contribution in [0.25, 0.3) is 0 Å². The highest BCUT2D eigenvalue weighted by atomic mass is 35.5. The van der Waals surface area contributed by atoms with Crippen LogP contribution < -0.4 is 15.6 Å². The summed E-state index contributed by atoms with van der Waals surface area (Å²) in [6, 6.07) is 4.97. The molecule has 0 aromatic heterocycles. The minimum absolute atomic E-state index is 0.213. The Balaban J connectivity index is 1.90. The van der Waals surface area contributed by atoms with Gasteiger partial charge in [-0.1, -0.05) is 17.7 Å². The van der Waals surface area contributed by atoms with Gasteiger partial charge in [-0.2, -0.15) is 13.2 Å². The molecule has 2 aromatic carbocycles. The first-order chi connectivity index (χ1) is 12.6. The molecule has 0 saturated heterocycles. The highest BCUT2D eigenvalue weighted by Gasteiger charge is 2.30. The highest BCUT2D eigenvalue weighted by molar-refractivity contribution is 6.33. The lowest BCUT2D eigenvalue weighted by Crippen LogP contribution is -2.44. The van der Waals surface area contributed by atoms with Crippen LogP contribution in [0.3, 0.4) is 0 Å². The molecule has 0 radical (unpaired) electrons. The Morgan fingerprint density at radius 1 is 1.04 bits per heavy atom. The second kappa shape index (κ2) is 8.21. The first kappa shape index (κ1) is 20.4. The minimum atomic E-state index is -4.57. The molecule has 11 heteroatoms. The average Bonchev–Trinajstić information content (AvgIpc) is 2.60. The zero-order valence-corrected chi connectivity index (χ0v) is 13.9. The molecule has 0 atom stereocenters. The molecule has 0 heterocycles. The summed E-state index contributed by atoms with van der Waals surface area (Å²) in [5.41, 5.74) is 2.39. The number of alkyl halides is 3. The van der Waals surface area contributed by atoms with E-state index in [1.54, 1.807) is 0 Å². The molecule has 5 nitrogen and oxygen atoms in total. The van der Waals surface area contributed by atoms with E-state index in [-0.39, 0.29) is 10.8 Å². The van der Waals surface area contributed by atoms with E-state index in [1.807, 2.05) is 10.9 Å². The number of carbonyl (C=O) groups excluding carboxylic acids is 2. The fourth-order valence-corrected chi connectivity index (χ4v) is 2.07. The number of ether oxygens (including phenoxy) is 1. The number of carbonyl (C=O) groups is 2. The maximum absolute atomic E-state index is 13.1. The summed E-state index contributed by atoms with van der Waals surface area (Å²) < 4.78 is 68.7. The van der Waals surface area contributed by atoms with E-state index in [2.05, 4.69) is 0 Å². The van der Waals surface area contributed by atoms with Crippen molar-refractivity contribution in [1.82, 2.24) is 10.9 Å². The van der Waals surface area contributed by atoms with Gasteiger partial charge >= 0.3 is 6.18 Å². The Morgan fingerprint density at radius 2 is 1.70 bits per heavy atom. The first-order valence-electron chi connectivity index (χ1n) is 7.11. The SMILES string of the molecule is O=C(COc1cccc(C(F)(F)F)c1)NNC(=O)c1cc(F)c(F)cc1Cl. The Bertz CT molecular complexity index is 874. The molecule has 2 rings (SSSR count). The fourth-order valence-electron chi connectivity index (χ4n) is 1.84. The number of rotatable bonds is 4. The van der Waals surface area contributed by atoms with E-state index in [0.717, 1.165) is 12.1 Å². The topological polar surface area (TPSA) is 67.4 Å². The number of benzene rings is 2. The predicted octanol–water partition coefficient (Wildman–Crippen LogP) is 3.48. The molecule has 27 heavy (non-hydrogen) atoms. The van der Waals surface area contributed by atoms with Gasteiger partial charge in [-0.3, -0.25) is 20.4 Å². The van der Waals surface area contributed by atoms with Gasteiger partial charge in [0.1, 0.15) is 5.75 Å². The lowest BCUT2D eigenvalue weighted by atomic mass is 10.2. The van der Waals surface area contributed by atoms with Gasteiger partial charge in [0.2, 0.25) is 0 Å². The minimum Gasteiger partial charge on any atom is -0.484 e. The quantitative estimate of drug-likeness (QED) is 0.462. The summed E-state index contributed by atoms with van der Waals surface area (Å²) in [5.74, 6) is -4.74. The third-order valence-electron chi connectivity index (χ3n) is 3.10. The van der Waals surface area contributed by atoms with Gasteiger partial charge in [0.25, 0.3) is 11.8 Å². The smallest absolute Gasteiger partial charge is 0.416 e. The van der Waals surface area contributed by atoms with Gasteiger partial charge in [-0.05, 0) is 30.3 Å². The van der Waals surface area contributed by atoms with Crippen LogP contribution in [0.2, 0.25) is 5.02 Å². The molecule has 0 aliphatic carbocycles. The normalized spacial score (nSPS) is 11.0. The molecule has 0 aliphatic heterocycles. The van der Waals surface area contributed by atoms with Crippen molar-refractivity contribution < 1.29 is 36.3 Å². The van der Waals surface area contributed by atoms with Crippen molar-refractivity contribution in [3.63, 3.8) is 0 Å². The molecule has 144 valence electrons. The molecule has 0 fully saturated rings. The summed E-state index contributed by atoms with van der Waals surface area (Å²) in [4.78, 5) is 23.4. The fraction of sp³-hybridized carbons (Fsp3) is 0.125. The average molecular weight is 409 g/mol. The van der Waals surface area contributed by atoms with Crippen LogP contribution in [-0.4, -0.2) is 18.4 Å². The molecule has 0 saturated carbocycles. The van der Waals surface area contributed by atoms with Crippen molar-refractivity contribution in [2.45, 2.75) is 6.18 Å². The van der Waals surface area contributed by atoms with Crippen LogP contribution in [0.5, 0.6) is 5.75 Å². The van der Waals surface area contributed by atoms with Crippen LogP contribution in [-0.2, 0) is 11.0 Å². The summed E-state index contributed by atoms with van der Waals surface area (Å²) in [5, 5.41) is -0.388. The van der Waals surface area contributed by atoms with E-state index >= 15 is 0 Å². The van der Waals surface area contributed by atoms with Gasteiger partial charge in [0, 0.05) is 0 Å². The molecule has 2 N–H and O–H groups in total. The highest BCUT2D eigenvalue weighted by Crippen LogP contribution is 2.31. The monoisotopic (exact) mass is 408 g/mol. The number of hydrogen-bond acceptors (Lipinski definition) is 3. The maximum Gasteiger partial charge on any atom is 0.416 e. The van der Waals surface area contributed by atoms with Gasteiger partial charge in [0.05, 0.1) is 16.1 Å². The third-order valence-corrected chi connectivity index (χ3v) is 3.41. The van der Waals surface area contributed by atoms with Crippen LogP contribution >= 0.6 is 11.6 Å². The Kier molecular flexibility index (Phi) is 6.21. The maximum atomic E-state index is 13.1. The van der Waals surface area contributed by atoms with Gasteiger partial charge in [0.15, 0.2) is 18.2 Å². The summed E-state index contributed by atoms with van der Waals surface area (Å²) in [7, 11) is 0. The standard InChI is InChI=1S/C16H10ClF5N2O3/c17-11-6-13(19)12(18)5-10(11)15(26)24-23-14(25)7-27-9-3-1-2-8(4-9)16(20,21)22/h1-6H,7H2,(H,23,25)(H,24,26). The second-order valence-electron chi connectivity index (χ2n) is 5.06. The van der Waals surface area contributed by atoms with Crippen LogP contribution in [0.1, 0.15) is 15.9 Å². The van der Waals surface area contributed by atoms with Gasteiger partial charge in [-0.25, -0.2) is 8.78 Å². The first-order valence-corrected chi connectivity index (χ1v) is 7.49. The number of nitrogens with one attached hydrogen (secondary N) is 2. The van der Waals surface area contributed by atoms with E-state index in [0.29, 0.717) is 18.2 Å². The zero-order chi connectivity index (χ0) is 20.2. The number of hydrogen-bond donors (Lipinski definition) is 2. The van der Waals surface area contributed by atoms with Crippen molar-refractivity contribution in [1.29, 1.82) is 0 Å². The predicted molar refractivity (Wildman–Crippen MR) is 83.9 cm³/mol. The van der Waals surface area contributed by atoms with Crippen LogP contribution in [0.4, 0.5) is 22.0 Å². The van der Waals surface area contributed by atoms with Crippen LogP contribution in [0.15, 0.2) is 36.4 Å². The lowest BCUT2D eigenvalue weighted by molar-refractivity contribution is -0.137. The second-order valence-corrected chi connectivity index (χ2v) is 5.47. The molecule has 0 bridgehead atoms. The Morgan fingerprint density at radius 3 is 2.37 bits per heavy atom. The van der Waals surface area contributed by atoms with E-state index < -0.39 is 47.4 Å². The lowest BCUT2D eigenvalue weighted by Gasteiger charge is -2.11. The van der Waals surface area contributed by atoms with Crippen LogP contribution in [0, 0.1) is 11.6 Å². The third kappa shape index (κ3) is 5.55. The van der Waals surface area contributed by atoms with Crippen molar-refractivity contribution >= 4 is 23.4 Å². The van der Waals surface area contributed by atoms with Crippen molar-refractivity contribution in [3.05, 3.63) is 64.2 Å². The Hall–Kier alpha value is -2.88. The molecule has 2 amide bonds. The van der Waals surface area contributed by atoms with E-state index in [1.165, 1.54) is 6.07 Å². The molecule has 0 unspecified atom stereocenters. The molecule has 0 spiro atoms. The van der Waals surface area contributed by atoms with Gasteiger partial charge < -0.3 is 4.74 Å². The van der Waals surface area contributed by atoms with E-state index in [9.17, 15) is 31.5 Å². The van der Waals surface area contributed by atoms with Crippen molar-refractivity contribution in [2.75, 3.05) is 6.61 Å². The van der Waals surface area contributed by atoms with E-state index in [4.69, 9.17) is 16.3 Å². The number of amides is 2. The summed E-state index contributed by atoms with van der Waals surface area (Å²) >= 11 is 5.61. The van der Waals surface area contributed by atoms with Gasteiger partial charge in [-0.15, -0.1) is 0 Å². The zero-order valence-electron chi connectivity index (χ0n) is 13.2. The molecular formula is C16H10ClF5N2O3. The van der Waals surface area contributed by atoms with Crippen molar-refractivity contribution in [2.24, 2.45) is 0 Å². The molecule has 2 aromatic rings. The largest absolute Gasteiger partial charge is 0.484 e. The van der Waals surface area contributed by atoms with Crippen molar-refractivity contribution in [3.8, 4) is 5.75 Å². The summed E-state index contributed by atoms with van der Waals surface area (Å²) in [6.45, 7) is -0.715. The molecular weight excluding hydrogens is 399 g/mol. The number of hydrazine groups is 1. The number of halogens is 6. The summed E-state index contributed by atoms with van der Waals surface area (Å²) in [6.07, 6.45) is -4.57. The Labute approximate surface area is 154 Å². The molecule has 0 aliphatic rings.